The van der Waals surface area contributed by atoms with Gasteiger partial charge in [0, 0.05) is 11.6 Å². The van der Waals surface area contributed by atoms with Crippen LogP contribution in [0.3, 0.4) is 0 Å². The van der Waals surface area contributed by atoms with E-state index in [0.29, 0.717) is 11.6 Å². The zero-order valence-electron chi connectivity index (χ0n) is 10.6. The van der Waals surface area contributed by atoms with Crippen molar-refractivity contribution in [3.8, 4) is 0 Å². The minimum Gasteiger partial charge on any atom is -0.296 e. The van der Waals surface area contributed by atoms with E-state index in [-0.39, 0.29) is 0 Å². The molecule has 0 aromatic carbocycles. The van der Waals surface area contributed by atoms with Crippen LogP contribution >= 0.6 is 0 Å². The molecule has 1 fully saturated rings. The number of hydrogen-bond acceptors (Lipinski definition) is 3. The van der Waals surface area contributed by atoms with Gasteiger partial charge in [-0.15, -0.1) is 0 Å². The summed E-state index contributed by atoms with van der Waals surface area (Å²) < 4.78 is 0. The highest BCUT2D eigenvalue weighted by Crippen LogP contribution is 2.35. The molecule has 0 unspecified atom stereocenters. The van der Waals surface area contributed by atoms with E-state index in [2.05, 4.69) is 16.9 Å². The highest BCUT2D eigenvalue weighted by molar-refractivity contribution is 5.71. The van der Waals surface area contributed by atoms with Crippen molar-refractivity contribution in [2.75, 3.05) is 0 Å². The van der Waals surface area contributed by atoms with Gasteiger partial charge in [0.2, 0.25) is 0 Å². The van der Waals surface area contributed by atoms with Crippen LogP contribution < -0.4 is 0 Å². The van der Waals surface area contributed by atoms with Crippen LogP contribution in [0.5, 0.6) is 0 Å². The summed E-state index contributed by atoms with van der Waals surface area (Å²) in [7, 11) is 0. The first-order valence-corrected chi connectivity index (χ1v) is 6.53. The maximum absolute atomic E-state index is 10.8. The van der Waals surface area contributed by atoms with Crippen LogP contribution in [0.4, 0.5) is 0 Å². The monoisotopic (exact) mass is 232 g/mol. The van der Waals surface area contributed by atoms with Gasteiger partial charge in [-0.3, -0.25) is 4.79 Å². The second-order valence-electron chi connectivity index (χ2n) is 5.04. The van der Waals surface area contributed by atoms with Crippen molar-refractivity contribution in [1.82, 2.24) is 9.97 Å². The standard InChI is InChI=1S/C14H20N2O/c1-3-11-4-6-12(7-5-11)14-15-10(2)8-13(9-17)16-14/h8-9,11-12H,3-7H2,1-2H3. The molecule has 3 nitrogen and oxygen atoms in total. The van der Waals surface area contributed by atoms with Gasteiger partial charge >= 0.3 is 0 Å². The van der Waals surface area contributed by atoms with Crippen LogP contribution in [0, 0.1) is 12.8 Å². The van der Waals surface area contributed by atoms with E-state index in [1.165, 1.54) is 32.1 Å². The smallest absolute Gasteiger partial charge is 0.168 e. The maximum Gasteiger partial charge on any atom is 0.168 e. The topological polar surface area (TPSA) is 42.9 Å². The van der Waals surface area contributed by atoms with E-state index in [1.807, 2.05) is 6.92 Å². The Balaban J connectivity index is 2.12. The summed E-state index contributed by atoms with van der Waals surface area (Å²) in [6.45, 7) is 4.19. The van der Waals surface area contributed by atoms with Gasteiger partial charge in [0.1, 0.15) is 11.5 Å². The van der Waals surface area contributed by atoms with E-state index in [0.717, 1.165) is 23.7 Å². The van der Waals surface area contributed by atoms with Gasteiger partial charge in [-0.1, -0.05) is 13.3 Å². The summed E-state index contributed by atoms with van der Waals surface area (Å²) in [4.78, 5) is 19.6. The predicted octanol–water partition coefficient (Wildman–Crippen LogP) is 3.28. The summed E-state index contributed by atoms with van der Waals surface area (Å²) in [6.07, 6.45) is 6.97. The Labute approximate surface area is 103 Å². The zero-order valence-corrected chi connectivity index (χ0v) is 10.6. The molecule has 0 aliphatic heterocycles. The third-order valence-corrected chi connectivity index (χ3v) is 3.80. The van der Waals surface area contributed by atoms with E-state index >= 15 is 0 Å². The van der Waals surface area contributed by atoms with E-state index < -0.39 is 0 Å². The molecular formula is C14H20N2O. The van der Waals surface area contributed by atoms with Crippen LogP contribution in [0.1, 0.15) is 67.0 Å². The van der Waals surface area contributed by atoms with E-state index in [9.17, 15) is 4.79 Å². The van der Waals surface area contributed by atoms with Gasteiger partial charge in [-0.25, -0.2) is 9.97 Å². The molecule has 92 valence electrons. The van der Waals surface area contributed by atoms with Crippen LogP contribution in [0.25, 0.3) is 0 Å². The number of rotatable bonds is 3. The van der Waals surface area contributed by atoms with Crippen LogP contribution in [0.15, 0.2) is 6.07 Å². The van der Waals surface area contributed by atoms with Gasteiger partial charge in [0.05, 0.1) is 0 Å². The SMILES string of the molecule is CCC1CCC(c2nc(C)cc(C=O)n2)CC1. The van der Waals surface area contributed by atoms with Gasteiger partial charge in [-0.05, 0) is 44.6 Å². The summed E-state index contributed by atoms with van der Waals surface area (Å²) in [5.74, 6) is 2.21. The van der Waals surface area contributed by atoms with Gasteiger partial charge in [-0.2, -0.15) is 0 Å². The van der Waals surface area contributed by atoms with Crippen molar-refractivity contribution >= 4 is 6.29 Å². The number of carbonyl (C=O) groups is 1. The predicted molar refractivity (Wildman–Crippen MR) is 67.1 cm³/mol. The first-order chi connectivity index (χ1) is 8.22. The third-order valence-electron chi connectivity index (χ3n) is 3.80. The maximum atomic E-state index is 10.8. The molecule has 0 spiro atoms. The number of nitrogens with zero attached hydrogens (tertiary/aromatic N) is 2. The summed E-state index contributed by atoms with van der Waals surface area (Å²) in [5.41, 5.74) is 1.42. The number of aryl methyl sites for hydroxylation is 1. The molecule has 1 aromatic heterocycles. The second-order valence-corrected chi connectivity index (χ2v) is 5.04. The fourth-order valence-corrected chi connectivity index (χ4v) is 2.69. The second kappa shape index (κ2) is 5.39. The molecule has 0 amide bonds. The minimum atomic E-state index is 0.455. The van der Waals surface area contributed by atoms with E-state index in [1.54, 1.807) is 6.07 Å². The highest BCUT2D eigenvalue weighted by Gasteiger charge is 2.23. The lowest BCUT2D eigenvalue weighted by molar-refractivity contribution is 0.111. The Morgan fingerprint density at radius 1 is 1.29 bits per heavy atom. The summed E-state index contributed by atoms with van der Waals surface area (Å²) in [6, 6.07) is 1.74. The Kier molecular flexibility index (Phi) is 3.87. The average Bonchev–Trinajstić information content (AvgIpc) is 2.38. The van der Waals surface area contributed by atoms with Crippen LogP contribution in [-0.4, -0.2) is 16.3 Å². The third kappa shape index (κ3) is 2.90. The van der Waals surface area contributed by atoms with Crippen molar-refractivity contribution in [2.45, 2.75) is 51.9 Å². The molecule has 1 aromatic rings. The molecule has 2 rings (SSSR count). The lowest BCUT2D eigenvalue weighted by Crippen LogP contribution is -2.15. The molecule has 0 radical (unpaired) electrons. The quantitative estimate of drug-likeness (QED) is 0.751. The van der Waals surface area contributed by atoms with Crippen molar-refractivity contribution in [2.24, 2.45) is 5.92 Å². The Morgan fingerprint density at radius 3 is 2.59 bits per heavy atom. The molecule has 3 heteroatoms. The van der Waals surface area contributed by atoms with Gasteiger partial charge < -0.3 is 0 Å². The Hall–Kier alpha value is -1.25. The number of hydrogen-bond donors (Lipinski definition) is 0. The van der Waals surface area contributed by atoms with Crippen LogP contribution in [0.2, 0.25) is 0 Å². The molecule has 1 aliphatic carbocycles. The fraction of sp³-hybridized carbons (Fsp3) is 0.643. The van der Waals surface area contributed by atoms with Crippen LogP contribution in [-0.2, 0) is 0 Å². The fourth-order valence-electron chi connectivity index (χ4n) is 2.69. The minimum absolute atomic E-state index is 0.455. The number of carbonyl (C=O) groups excluding carboxylic acids is 1. The molecule has 0 bridgehead atoms. The van der Waals surface area contributed by atoms with E-state index in [4.69, 9.17) is 0 Å². The summed E-state index contributed by atoms with van der Waals surface area (Å²) in [5, 5.41) is 0. The molecular weight excluding hydrogens is 212 g/mol. The molecule has 0 saturated heterocycles. The van der Waals surface area contributed by atoms with Crippen molar-refractivity contribution < 1.29 is 4.79 Å². The summed E-state index contributed by atoms with van der Waals surface area (Å²) >= 11 is 0. The first-order valence-electron chi connectivity index (χ1n) is 6.53. The zero-order chi connectivity index (χ0) is 12.3. The average molecular weight is 232 g/mol. The largest absolute Gasteiger partial charge is 0.296 e. The first kappa shape index (κ1) is 12.2. The Morgan fingerprint density at radius 2 is 2.00 bits per heavy atom. The highest BCUT2D eigenvalue weighted by atomic mass is 16.1. The molecule has 1 saturated carbocycles. The van der Waals surface area contributed by atoms with Crippen molar-refractivity contribution in [1.29, 1.82) is 0 Å². The number of aldehydes is 1. The van der Waals surface area contributed by atoms with Crippen molar-refractivity contribution in [3.63, 3.8) is 0 Å². The number of aromatic nitrogens is 2. The molecule has 1 heterocycles. The molecule has 0 atom stereocenters. The molecule has 1 aliphatic rings. The lowest BCUT2D eigenvalue weighted by atomic mass is 9.80. The van der Waals surface area contributed by atoms with Crippen molar-refractivity contribution in [3.05, 3.63) is 23.3 Å². The molecule has 0 N–H and O–H groups in total. The van der Waals surface area contributed by atoms with Gasteiger partial charge in [0.25, 0.3) is 0 Å². The molecule has 17 heavy (non-hydrogen) atoms. The Bertz CT molecular complexity index is 395. The lowest BCUT2D eigenvalue weighted by Gasteiger charge is -2.26. The van der Waals surface area contributed by atoms with Gasteiger partial charge in [0.15, 0.2) is 6.29 Å². The normalized spacial score (nSPS) is 24.6.